The molecule has 0 bridgehead atoms. The molecule has 6 heteroatoms. The molecule has 3 rings (SSSR count). The number of benzene rings is 2. The number of fused-ring (bicyclic) bond motifs is 1. The first-order chi connectivity index (χ1) is 10.8. The Morgan fingerprint density at radius 1 is 0.955 bits per heavy atom. The Labute approximate surface area is 132 Å². The van der Waals surface area contributed by atoms with Gasteiger partial charge in [-0.15, -0.1) is 0 Å². The van der Waals surface area contributed by atoms with Crippen LogP contribution in [-0.2, 0) is 0 Å². The fraction of sp³-hybridized carbons (Fsp3) is 0.125. The van der Waals surface area contributed by atoms with Crippen molar-refractivity contribution in [3.8, 4) is 11.5 Å². The molecule has 0 aliphatic carbocycles. The molecule has 0 saturated carbocycles. The first-order valence-electron chi connectivity index (χ1n) is 6.66. The summed E-state index contributed by atoms with van der Waals surface area (Å²) >= 11 is 1.44. The van der Waals surface area contributed by atoms with Gasteiger partial charge in [0.05, 0.1) is 19.7 Å². The van der Waals surface area contributed by atoms with E-state index in [-0.39, 0.29) is 0 Å². The van der Waals surface area contributed by atoms with Gasteiger partial charge in [-0.05, 0) is 18.2 Å². The number of methoxy groups -OCH3 is 2. The zero-order valence-corrected chi connectivity index (χ0v) is 13.1. The van der Waals surface area contributed by atoms with Crippen LogP contribution in [0.5, 0.6) is 11.5 Å². The Morgan fingerprint density at radius 2 is 1.68 bits per heavy atom. The molecule has 0 saturated heterocycles. The second-order valence-electron chi connectivity index (χ2n) is 4.47. The standard InChI is InChI=1S/C16H15N3O2S/c1-20-14-8-12-13(9-15(14)21-2)17-10-18-16(12)22-19-11-6-4-3-5-7-11/h3-10,19H,1-2H3. The number of ether oxygens (including phenoxy) is 2. The highest BCUT2D eigenvalue weighted by Crippen LogP contribution is 2.34. The zero-order chi connectivity index (χ0) is 15.4. The van der Waals surface area contributed by atoms with Crippen LogP contribution in [0.25, 0.3) is 10.9 Å². The number of hydrogen-bond donors (Lipinski definition) is 1. The molecule has 5 nitrogen and oxygen atoms in total. The fourth-order valence-electron chi connectivity index (χ4n) is 2.05. The third-order valence-corrected chi connectivity index (χ3v) is 4.00. The number of nitrogens with one attached hydrogen (secondary N) is 1. The van der Waals surface area contributed by atoms with Crippen LogP contribution >= 0.6 is 11.9 Å². The van der Waals surface area contributed by atoms with E-state index in [0.717, 1.165) is 21.6 Å². The van der Waals surface area contributed by atoms with Crippen LogP contribution in [0.2, 0.25) is 0 Å². The molecule has 0 atom stereocenters. The molecule has 22 heavy (non-hydrogen) atoms. The molecule has 0 aliphatic heterocycles. The van der Waals surface area contributed by atoms with E-state index in [1.807, 2.05) is 42.5 Å². The summed E-state index contributed by atoms with van der Waals surface area (Å²) in [5.41, 5.74) is 1.82. The van der Waals surface area contributed by atoms with Crippen molar-refractivity contribution in [3.63, 3.8) is 0 Å². The Morgan fingerprint density at radius 3 is 2.41 bits per heavy atom. The highest BCUT2D eigenvalue weighted by atomic mass is 32.2. The molecule has 0 unspecified atom stereocenters. The molecule has 3 aromatic rings. The maximum Gasteiger partial charge on any atom is 0.162 e. The molecule has 0 aliphatic rings. The summed E-state index contributed by atoms with van der Waals surface area (Å²) in [5, 5.41) is 1.74. The third-order valence-electron chi connectivity index (χ3n) is 3.14. The van der Waals surface area contributed by atoms with Gasteiger partial charge in [-0.1, -0.05) is 18.2 Å². The van der Waals surface area contributed by atoms with Crippen molar-refractivity contribution < 1.29 is 9.47 Å². The van der Waals surface area contributed by atoms with Gasteiger partial charge in [-0.2, -0.15) is 0 Å². The minimum atomic E-state index is 0.653. The van der Waals surface area contributed by atoms with Gasteiger partial charge in [0.25, 0.3) is 0 Å². The minimum absolute atomic E-state index is 0.653. The molecule has 112 valence electrons. The Balaban J connectivity index is 1.95. The Kier molecular flexibility index (Phi) is 4.29. The number of rotatable bonds is 5. The first kappa shape index (κ1) is 14.5. The van der Waals surface area contributed by atoms with E-state index in [2.05, 4.69) is 14.7 Å². The number of para-hydroxylation sites is 1. The van der Waals surface area contributed by atoms with Gasteiger partial charge < -0.3 is 14.2 Å². The van der Waals surface area contributed by atoms with Crippen LogP contribution in [0.3, 0.4) is 0 Å². The first-order valence-corrected chi connectivity index (χ1v) is 7.48. The predicted molar refractivity (Wildman–Crippen MR) is 88.6 cm³/mol. The van der Waals surface area contributed by atoms with Gasteiger partial charge in [0.2, 0.25) is 0 Å². The monoisotopic (exact) mass is 313 g/mol. The lowest BCUT2D eigenvalue weighted by Crippen LogP contribution is -1.95. The molecule has 0 fully saturated rings. The van der Waals surface area contributed by atoms with E-state index in [9.17, 15) is 0 Å². The zero-order valence-electron chi connectivity index (χ0n) is 12.2. The van der Waals surface area contributed by atoms with E-state index in [1.165, 1.54) is 11.9 Å². The highest BCUT2D eigenvalue weighted by molar-refractivity contribution is 8.00. The molecular formula is C16H15N3O2S. The largest absolute Gasteiger partial charge is 0.493 e. The SMILES string of the molecule is COc1cc2ncnc(SNc3ccccc3)c2cc1OC. The normalized spacial score (nSPS) is 10.5. The predicted octanol–water partition coefficient (Wildman–Crippen LogP) is 3.77. The topological polar surface area (TPSA) is 56.3 Å². The lowest BCUT2D eigenvalue weighted by atomic mass is 10.2. The number of nitrogens with zero attached hydrogens (tertiary/aromatic N) is 2. The molecule has 0 spiro atoms. The van der Waals surface area contributed by atoms with Crippen LogP contribution in [-0.4, -0.2) is 24.2 Å². The third kappa shape index (κ3) is 2.92. The van der Waals surface area contributed by atoms with Crippen molar-refractivity contribution in [1.82, 2.24) is 9.97 Å². The summed E-state index contributed by atoms with van der Waals surface area (Å²) in [5.74, 6) is 1.31. The van der Waals surface area contributed by atoms with Gasteiger partial charge >= 0.3 is 0 Å². The van der Waals surface area contributed by atoms with E-state index < -0.39 is 0 Å². The molecular weight excluding hydrogens is 298 g/mol. The fourth-order valence-corrected chi connectivity index (χ4v) is 2.78. The molecule has 1 aromatic heterocycles. The Hall–Kier alpha value is -2.47. The summed E-state index contributed by atoms with van der Waals surface area (Å²) in [6, 6.07) is 13.7. The quantitative estimate of drug-likeness (QED) is 0.571. The van der Waals surface area contributed by atoms with Crippen LogP contribution in [0.15, 0.2) is 53.8 Å². The van der Waals surface area contributed by atoms with E-state index in [1.54, 1.807) is 20.5 Å². The molecule has 0 radical (unpaired) electrons. The summed E-state index contributed by atoms with van der Waals surface area (Å²) in [6.45, 7) is 0. The van der Waals surface area contributed by atoms with Crippen LogP contribution < -0.4 is 14.2 Å². The van der Waals surface area contributed by atoms with Gasteiger partial charge in [0.1, 0.15) is 11.4 Å². The summed E-state index contributed by atoms with van der Waals surface area (Å²) in [6.07, 6.45) is 1.54. The van der Waals surface area contributed by atoms with E-state index in [4.69, 9.17) is 9.47 Å². The number of aromatic nitrogens is 2. The van der Waals surface area contributed by atoms with Crippen molar-refractivity contribution >= 4 is 28.5 Å². The van der Waals surface area contributed by atoms with Crippen LogP contribution in [0.4, 0.5) is 5.69 Å². The lowest BCUT2D eigenvalue weighted by molar-refractivity contribution is 0.355. The van der Waals surface area contributed by atoms with Gasteiger partial charge in [-0.3, -0.25) is 0 Å². The van der Waals surface area contributed by atoms with Crippen molar-refractivity contribution in [3.05, 3.63) is 48.8 Å². The Bertz CT molecular complexity index is 781. The van der Waals surface area contributed by atoms with E-state index in [0.29, 0.717) is 11.5 Å². The highest BCUT2D eigenvalue weighted by Gasteiger charge is 2.11. The van der Waals surface area contributed by atoms with Gasteiger partial charge in [-0.25, -0.2) is 9.97 Å². The lowest BCUT2D eigenvalue weighted by Gasteiger charge is -2.11. The smallest absolute Gasteiger partial charge is 0.162 e. The van der Waals surface area contributed by atoms with Crippen LogP contribution in [0, 0.1) is 0 Å². The molecule has 1 N–H and O–H groups in total. The molecule has 0 amide bonds. The maximum atomic E-state index is 5.35. The molecule has 1 heterocycles. The average Bonchev–Trinajstić information content (AvgIpc) is 2.59. The summed E-state index contributed by atoms with van der Waals surface area (Å²) in [7, 11) is 3.22. The van der Waals surface area contributed by atoms with E-state index >= 15 is 0 Å². The minimum Gasteiger partial charge on any atom is -0.493 e. The summed E-state index contributed by atoms with van der Waals surface area (Å²) in [4.78, 5) is 8.64. The summed E-state index contributed by atoms with van der Waals surface area (Å²) < 4.78 is 13.9. The number of hydrogen-bond acceptors (Lipinski definition) is 6. The van der Waals surface area contributed by atoms with Crippen molar-refractivity contribution in [2.24, 2.45) is 0 Å². The van der Waals surface area contributed by atoms with Gasteiger partial charge in [0, 0.05) is 29.1 Å². The van der Waals surface area contributed by atoms with Crippen LogP contribution in [0.1, 0.15) is 0 Å². The van der Waals surface area contributed by atoms with Crippen molar-refractivity contribution in [2.45, 2.75) is 5.03 Å². The maximum absolute atomic E-state index is 5.35. The average molecular weight is 313 g/mol. The van der Waals surface area contributed by atoms with Crippen molar-refractivity contribution in [1.29, 1.82) is 0 Å². The number of anilines is 1. The second kappa shape index (κ2) is 6.53. The second-order valence-corrected chi connectivity index (χ2v) is 5.27. The van der Waals surface area contributed by atoms with Crippen molar-refractivity contribution in [2.75, 3.05) is 18.9 Å². The molecule has 2 aromatic carbocycles. The van der Waals surface area contributed by atoms with Gasteiger partial charge in [0.15, 0.2) is 11.5 Å².